The van der Waals surface area contributed by atoms with Gasteiger partial charge in [-0.1, -0.05) is 62.8 Å². The summed E-state index contributed by atoms with van der Waals surface area (Å²) in [6.45, 7) is 10.8. The zero-order valence-electron chi connectivity index (χ0n) is 15.1. The first-order valence-electron chi connectivity index (χ1n) is 9.48. The predicted octanol–water partition coefficient (Wildman–Crippen LogP) is 5.34. The van der Waals surface area contributed by atoms with E-state index in [1.54, 1.807) is 0 Å². The lowest BCUT2D eigenvalue weighted by molar-refractivity contribution is -0.136. The SMILES string of the molecule is C=C1CC[C@H]2C(C)(C)CCC[C@@]23CO[C@H](OCc2ccccc2)[C@@H]13. The third-order valence-electron chi connectivity index (χ3n) is 6.96. The van der Waals surface area contributed by atoms with Crippen molar-refractivity contribution < 1.29 is 9.47 Å². The van der Waals surface area contributed by atoms with Crippen molar-refractivity contribution in [3.05, 3.63) is 48.0 Å². The van der Waals surface area contributed by atoms with E-state index >= 15 is 0 Å². The van der Waals surface area contributed by atoms with Gasteiger partial charge in [-0.15, -0.1) is 0 Å². The molecule has 1 aromatic carbocycles. The minimum Gasteiger partial charge on any atom is -0.351 e. The second kappa shape index (κ2) is 6.00. The maximum absolute atomic E-state index is 6.26. The molecule has 2 nitrogen and oxygen atoms in total. The normalized spacial score (nSPS) is 37.8. The fourth-order valence-corrected chi connectivity index (χ4v) is 5.90. The van der Waals surface area contributed by atoms with Gasteiger partial charge in [0, 0.05) is 11.3 Å². The summed E-state index contributed by atoms with van der Waals surface area (Å²) in [4.78, 5) is 0. The molecule has 1 heterocycles. The highest BCUT2D eigenvalue weighted by atomic mass is 16.7. The second-order valence-electron chi connectivity index (χ2n) is 8.78. The molecule has 1 aliphatic heterocycles. The molecule has 0 amide bonds. The minimum absolute atomic E-state index is 0.116. The maximum atomic E-state index is 6.26. The van der Waals surface area contributed by atoms with Crippen LogP contribution in [0.1, 0.15) is 51.5 Å². The van der Waals surface area contributed by atoms with Gasteiger partial charge in [0.2, 0.25) is 0 Å². The van der Waals surface area contributed by atoms with Gasteiger partial charge in [-0.2, -0.15) is 0 Å². The van der Waals surface area contributed by atoms with Gasteiger partial charge in [-0.3, -0.25) is 0 Å². The average molecular weight is 326 g/mol. The topological polar surface area (TPSA) is 18.5 Å². The van der Waals surface area contributed by atoms with E-state index in [0.717, 1.165) is 18.9 Å². The largest absolute Gasteiger partial charge is 0.351 e. The van der Waals surface area contributed by atoms with Crippen molar-refractivity contribution in [3.63, 3.8) is 0 Å². The number of hydrogen-bond donors (Lipinski definition) is 0. The molecule has 0 aromatic heterocycles. The van der Waals surface area contributed by atoms with E-state index in [9.17, 15) is 0 Å². The van der Waals surface area contributed by atoms with Gasteiger partial charge in [0.15, 0.2) is 6.29 Å². The van der Waals surface area contributed by atoms with E-state index in [1.807, 2.05) is 6.07 Å². The van der Waals surface area contributed by atoms with Crippen molar-refractivity contribution in [2.75, 3.05) is 6.61 Å². The van der Waals surface area contributed by atoms with Crippen LogP contribution in [0.4, 0.5) is 0 Å². The molecule has 1 spiro atoms. The Kier molecular flexibility index (Phi) is 4.09. The monoisotopic (exact) mass is 326 g/mol. The summed E-state index contributed by atoms with van der Waals surface area (Å²) in [5.41, 5.74) is 3.25. The van der Waals surface area contributed by atoms with Crippen molar-refractivity contribution in [3.8, 4) is 0 Å². The van der Waals surface area contributed by atoms with Crippen LogP contribution in [0.25, 0.3) is 0 Å². The van der Waals surface area contributed by atoms with Crippen molar-refractivity contribution in [2.24, 2.45) is 22.7 Å². The Balaban J connectivity index is 1.56. The number of rotatable bonds is 3. The van der Waals surface area contributed by atoms with Crippen LogP contribution in [-0.2, 0) is 16.1 Å². The lowest BCUT2D eigenvalue weighted by Gasteiger charge is -2.56. The fourth-order valence-electron chi connectivity index (χ4n) is 5.90. The predicted molar refractivity (Wildman–Crippen MR) is 96.4 cm³/mol. The molecular weight excluding hydrogens is 296 g/mol. The third kappa shape index (κ3) is 2.55. The lowest BCUT2D eigenvalue weighted by Crippen LogP contribution is -2.51. The quantitative estimate of drug-likeness (QED) is 0.698. The van der Waals surface area contributed by atoms with Crippen molar-refractivity contribution in [1.82, 2.24) is 0 Å². The molecule has 0 radical (unpaired) electrons. The summed E-state index contributed by atoms with van der Waals surface area (Å²) in [6, 6.07) is 10.4. The van der Waals surface area contributed by atoms with Crippen LogP contribution >= 0.6 is 0 Å². The van der Waals surface area contributed by atoms with E-state index in [2.05, 4.69) is 44.7 Å². The van der Waals surface area contributed by atoms with Gasteiger partial charge in [-0.05, 0) is 42.6 Å². The van der Waals surface area contributed by atoms with Gasteiger partial charge in [0.1, 0.15) is 0 Å². The molecule has 4 rings (SSSR count). The van der Waals surface area contributed by atoms with Crippen molar-refractivity contribution in [1.29, 1.82) is 0 Å². The number of hydrogen-bond acceptors (Lipinski definition) is 2. The zero-order valence-corrected chi connectivity index (χ0v) is 15.1. The lowest BCUT2D eigenvalue weighted by atomic mass is 9.48. The first-order chi connectivity index (χ1) is 11.5. The van der Waals surface area contributed by atoms with Crippen LogP contribution < -0.4 is 0 Å². The molecule has 130 valence electrons. The first-order valence-corrected chi connectivity index (χ1v) is 9.48. The highest BCUT2D eigenvalue weighted by molar-refractivity contribution is 5.20. The minimum atomic E-state index is -0.116. The van der Waals surface area contributed by atoms with E-state index in [1.165, 1.54) is 36.8 Å². The van der Waals surface area contributed by atoms with Gasteiger partial charge in [-0.25, -0.2) is 0 Å². The van der Waals surface area contributed by atoms with Crippen LogP contribution in [0.15, 0.2) is 42.5 Å². The molecule has 2 saturated carbocycles. The summed E-state index contributed by atoms with van der Waals surface area (Å²) in [5, 5.41) is 0. The van der Waals surface area contributed by atoms with E-state index < -0.39 is 0 Å². The van der Waals surface area contributed by atoms with Gasteiger partial charge in [0.05, 0.1) is 13.2 Å². The summed E-state index contributed by atoms with van der Waals surface area (Å²) < 4.78 is 12.5. The standard InChI is InChI=1S/C22H30O2/c1-16-10-11-18-21(2,3)12-7-13-22(18)15-24-20(19(16)22)23-14-17-8-5-4-6-9-17/h4-6,8-9,18-20H,1,7,10-15H2,2-3H3/t18-,19+,20-,22+/m0/s1. The molecule has 2 aliphatic carbocycles. The number of ether oxygens (including phenoxy) is 2. The maximum Gasteiger partial charge on any atom is 0.165 e. The molecule has 4 atom stereocenters. The van der Waals surface area contributed by atoms with Crippen molar-refractivity contribution in [2.45, 2.75) is 58.8 Å². The summed E-state index contributed by atoms with van der Waals surface area (Å²) >= 11 is 0. The Morgan fingerprint density at radius 1 is 1.21 bits per heavy atom. The first kappa shape index (κ1) is 16.4. The Morgan fingerprint density at radius 3 is 2.79 bits per heavy atom. The highest BCUT2D eigenvalue weighted by Gasteiger charge is 2.61. The zero-order chi connectivity index (χ0) is 16.8. The smallest absolute Gasteiger partial charge is 0.165 e. The van der Waals surface area contributed by atoms with E-state index in [0.29, 0.717) is 17.9 Å². The van der Waals surface area contributed by atoms with Gasteiger partial charge in [0.25, 0.3) is 0 Å². The molecule has 1 aromatic rings. The Bertz CT molecular complexity index is 606. The third-order valence-corrected chi connectivity index (χ3v) is 6.96. The molecule has 3 fully saturated rings. The molecule has 2 heteroatoms. The van der Waals surface area contributed by atoms with Gasteiger partial charge < -0.3 is 9.47 Å². The van der Waals surface area contributed by atoms with Crippen LogP contribution in [0.5, 0.6) is 0 Å². The Morgan fingerprint density at radius 2 is 2.00 bits per heavy atom. The number of benzene rings is 1. The summed E-state index contributed by atoms with van der Waals surface area (Å²) in [6.07, 6.45) is 6.22. The molecular formula is C22H30O2. The van der Waals surface area contributed by atoms with Crippen molar-refractivity contribution >= 4 is 0 Å². The van der Waals surface area contributed by atoms with E-state index in [4.69, 9.17) is 9.47 Å². The van der Waals surface area contributed by atoms with Crippen LogP contribution in [0.3, 0.4) is 0 Å². The van der Waals surface area contributed by atoms with E-state index in [-0.39, 0.29) is 11.7 Å². The Labute approximate surface area is 146 Å². The molecule has 0 bridgehead atoms. The molecule has 1 saturated heterocycles. The Hall–Kier alpha value is -1.12. The second-order valence-corrected chi connectivity index (χ2v) is 8.78. The molecule has 0 N–H and O–H groups in total. The fraction of sp³-hybridized carbons (Fsp3) is 0.636. The molecule has 3 aliphatic rings. The summed E-state index contributed by atoms with van der Waals surface area (Å²) in [5.74, 6) is 1.11. The van der Waals surface area contributed by atoms with Gasteiger partial charge >= 0.3 is 0 Å². The van der Waals surface area contributed by atoms with Crippen LogP contribution in [0, 0.1) is 22.7 Å². The summed E-state index contributed by atoms with van der Waals surface area (Å²) in [7, 11) is 0. The van der Waals surface area contributed by atoms with Crippen LogP contribution in [0.2, 0.25) is 0 Å². The molecule has 0 unspecified atom stereocenters. The van der Waals surface area contributed by atoms with Crippen LogP contribution in [-0.4, -0.2) is 12.9 Å². The average Bonchev–Trinajstić information content (AvgIpc) is 2.93. The molecule has 24 heavy (non-hydrogen) atoms. The highest BCUT2D eigenvalue weighted by Crippen LogP contribution is 2.64.